The molecule has 2 N–H and O–H groups in total. The van der Waals surface area contributed by atoms with Crippen LogP contribution in [0.1, 0.15) is 87.6 Å². The largest absolute Gasteiger partial charge is 0.349 e. The van der Waals surface area contributed by atoms with Gasteiger partial charge in [0.25, 0.3) is 0 Å². The second-order valence-electron chi connectivity index (χ2n) is 11.4. The zero-order chi connectivity index (χ0) is 25.9. The minimum atomic E-state index is -3.63. The predicted molar refractivity (Wildman–Crippen MR) is 144 cm³/mol. The molecule has 2 aromatic carbocycles. The molecule has 2 atom stereocenters. The van der Waals surface area contributed by atoms with Gasteiger partial charge >= 0.3 is 0 Å². The third-order valence-corrected chi connectivity index (χ3v) is 9.27. The monoisotopic (exact) mass is 511 g/mol. The lowest BCUT2D eigenvalue weighted by molar-refractivity contribution is -0.123. The molecule has 1 heterocycles. The Hall–Kier alpha value is -2.22. The highest BCUT2D eigenvalue weighted by atomic mass is 32.2. The van der Waals surface area contributed by atoms with Gasteiger partial charge in [-0.3, -0.25) is 4.79 Å². The van der Waals surface area contributed by atoms with Gasteiger partial charge in [0.2, 0.25) is 15.9 Å². The van der Waals surface area contributed by atoms with Crippen molar-refractivity contribution in [2.45, 2.75) is 102 Å². The highest BCUT2D eigenvalue weighted by molar-refractivity contribution is 7.89. The molecular weight excluding hydrogens is 470 g/mol. The number of amides is 1. The van der Waals surface area contributed by atoms with E-state index in [1.54, 1.807) is 16.4 Å². The maximum absolute atomic E-state index is 13.4. The van der Waals surface area contributed by atoms with E-state index in [9.17, 15) is 13.2 Å². The fraction of sp³-hybridized carbons (Fsp3) is 0.552. The Morgan fingerprint density at radius 3 is 2.50 bits per heavy atom. The molecule has 2 aromatic rings. The molecule has 0 aromatic heterocycles. The van der Waals surface area contributed by atoms with Gasteiger partial charge in [0.15, 0.2) is 0 Å². The number of nitrogens with one attached hydrogen (secondary N) is 2. The molecular formula is C29H41N3O3S. The number of carbonyl (C=O) groups is 1. The molecule has 1 aliphatic heterocycles. The van der Waals surface area contributed by atoms with E-state index < -0.39 is 10.0 Å². The summed E-state index contributed by atoms with van der Waals surface area (Å²) in [5, 5.41) is 6.78. The van der Waals surface area contributed by atoms with Gasteiger partial charge in [-0.15, -0.1) is 0 Å². The Labute approximate surface area is 216 Å². The van der Waals surface area contributed by atoms with Crippen LogP contribution in [0.5, 0.6) is 0 Å². The number of carbonyl (C=O) groups excluding carboxylic acids is 1. The van der Waals surface area contributed by atoms with E-state index in [-0.39, 0.29) is 30.0 Å². The topological polar surface area (TPSA) is 78.5 Å². The Kier molecular flexibility index (Phi) is 8.22. The molecule has 0 spiro atoms. The summed E-state index contributed by atoms with van der Waals surface area (Å²) in [5.74, 6) is -0.0673. The molecule has 196 valence electrons. The van der Waals surface area contributed by atoms with Crippen molar-refractivity contribution in [1.82, 2.24) is 14.9 Å². The van der Waals surface area contributed by atoms with E-state index in [0.717, 1.165) is 44.2 Å². The smallest absolute Gasteiger partial charge is 0.243 e. The van der Waals surface area contributed by atoms with Crippen molar-refractivity contribution in [2.24, 2.45) is 0 Å². The Bertz CT molecular complexity index is 1170. The number of rotatable bonds is 7. The standard InChI is InChI=1S/C29H41N3O3S/c1-21-11-14-25(15-12-21)36(34,35)32-17-6-5-9-24(32)19-28(33)31-27-10-7-8-23-18-22(13-16-26(23)27)20-30-29(2,3)4/h11-16,18,24,27,30H,5-10,17,19-20H2,1-4H3,(H,31,33). The lowest BCUT2D eigenvalue weighted by Gasteiger charge is -2.35. The van der Waals surface area contributed by atoms with Gasteiger partial charge in [-0.2, -0.15) is 4.31 Å². The molecule has 0 bridgehead atoms. The Morgan fingerprint density at radius 1 is 1.03 bits per heavy atom. The molecule has 1 saturated heterocycles. The van der Waals surface area contributed by atoms with E-state index in [1.165, 1.54) is 16.7 Å². The number of hydrogen-bond donors (Lipinski definition) is 2. The van der Waals surface area contributed by atoms with Gasteiger partial charge in [-0.25, -0.2) is 8.42 Å². The van der Waals surface area contributed by atoms with Crippen LogP contribution in [-0.4, -0.2) is 36.8 Å². The summed E-state index contributed by atoms with van der Waals surface area (Å²) in [7, 11) is -3.63. The van der Waals surface area contributed by atoms with Crippen LogP contribution in [0, 0.1) is 6.92 Å². The molecule has 0 radical (unpaired) electrons. The summed E-state index contributed by atoms with van der Waals surface area (Å²) in [5.41, 5.74) is 4.85. The second kappa shape index (κ2) is 11.0. The highest BCUT2D eigenvalue weighted by Gasteiger charge is 2.35. The molecule has 4 rings (SSSR count). The van der Waals surface area contributed by atoms with Crippen molar-refractivity contribution >= 4 is 15.9 Å². The van der Waals surface area contributed by atoms with Crippen LogP contribution >= 0.6 is 0 Å². The molecule has 2 unspecified atom stereocenters. The summed E-state index contributed by atoms with van der Waals surface area (Å²) in [6.07, 6.45) is 5.64. The highest BCUT2D eigenvalue weighted by Crippen LogP contribution is 2.32. The predicted octanol–water partition coefficient (Wildman–Crippen LogP) is 5.01. The van der Waals surface area contributed by atoms with Crippen LogP contribution in [0.25, 0.3) is 0 Å². The summed E-state index contributed by atoms with van der Waals surface area (Å²) < 4.78 is 28.3. The first-order chi connectivity index (χ1) is 17.0. The van der Waals surface area contributed by atoms with Crippen molar-refractivity contribution in [3.05, 3.63) is 64.7 Å². The summed E-state index contributed by atoms with van der Waals surface area (Å²) in [6, 6.07) is 13.2. The van der Waals surface area contributed by atoms with Gasteiger partial charge in [0.1, 0.15) is 0 Å². The maximum atomic E-state index is 13.4. The van der Waals surface area contributed by atoms with Crippen LogP contribution < -0.4 is 10.6 Å². The lowest BCUT2D eigenvalue weighted by Crippen LogP contribution is -2.46. The van der Waals surface area contributed by atoms with Crippen molar-refractivity contribution in [3.63, 3.8) is 0 Å². The Balaban J connectivity index is 1.43. The number of fused-ring (bicyclic) bond motifs is 1. The SMILES string of the molecule is Cc1ccc(S(=O)(=O)N2CCCCC2CC(=O)NC2CCCc3cc(CNC(C)(C)C)ccc32)cc1. The Morgan fingerprint density at radius 2 is 1.78 bits per heavy atom. The normalized spacial score (nSPS) is 21.1. The lowest BCUT2D eigenvalue weighted by atomic mass is 9.86. The quantitative estimate of drug-likeness (QED) is 0.548. The first-order valence-electron chi connectivity index (χ1n) is 13.3. The number of sulfonamides is 1. The van der Waals surface area contributed by atoms with E-state index in [2.05, 4.69) is 49.6 Å². The molecule has 1 fully saturated rings. The van der Waals surface area contributed by atoms with Gasteiger partial charge < -0.3 is 10.6 Å². The number of benzene rings is 2. The third-order valence-electron chi connectivity index (χ3n) is 7.30. The van der Waals surface area contributed by atoms with Crippen molar-refractivity contribution in [3.8, 4) is 0 Å². The number of hydrogen-bond acceptors (Lipinski definition) is 4. The molecule has 1 amide bonds. The zero-order valence-electron chi connectivity index (χ0n) is 22.1. The molecule has 2 aliphatic rings. The van der Waals surface area contributed by atoms with Crippen molar-refractivity contribution < 1.29 is 13.2 Å². The summed E-state index contributed by atoms with van der Waals surface area (Å²) >= 11 is 0. The molecule has 36 heavy (non-hydrogen) atoms. The molecule has 6 nitrogen and oxygen atoms in total. The fourth-order valence-corrected chi connectivity index (χ4v) is 6.99. The number of nitrogens with zero attached hydrogens (tertiary/aromatic N) is 1. The van der Waals surface area contributed by atoms with E-state index in [1.807, 2.05) is 19.1 Å². The van der Waals surface area contributed by atoms with E-state index in [0.29, 0.717) is 17.9 Å². The zero-order valence-corrected chi connectivity index (χ0v) is 23.0. The average molecular weight is 512 g/mol. The van der Waals surface area contributed by atoms with Crippen LogP contribution in [0.15, 0.2) is 47.4 Å². The first kappa shape index (κ1) is 26.8. The fourth-order valence-electron chi connectivity index (χ4n) is 5.30. The third kappa shape index (κ3) is 6.55. The van der Waals surface area contributed by atoms with Gasteiger partial charge in [0, 0.05) is 31.1 Å². The van der Waals surface area contributed by atoms with Gasteiger partial charge in [-0.1, -0.05) is 42.3 Å². The molecule has 1 aliphatic carbocycles. The van der Waals surface area contributed by atoms with Crippen molar-refractivity contribution in [1.29, 1.82) is 0 Å². The maximum Gasteiger partial charge on any atom is 0.243 e. The van der Waals surface area contributed by atoms with Crippen molar-refractivity contribution in [2.75, 3.05) is 6.54 Å². The summed E-state index contributed by atoms with van der Waals surface area (Å²) in [4.78, 5) is 13.5. The van der Waals surface area contributed by atoms with Gasteiger partial charge in [-0.05, 0) is 88.6 Å². The van der Waals surface area contributed by atoms with Crippen LogP contribution in [0.2, 0.25) is 0 Å². The number of aryl methyl sites for hydroxylation is 2. The minimum absolute atomic E-state index is 0.0170. The minimum Gasteiger partial charge on any atom is -0.349 e. The summed E-state index contributed by atoms with van der Waals surface area (Å²) in [6.45, 7) is 9.72. The second-order valence-corrected chi connectivity index (χ2v) is 13.3. The van der Waals surface area contributed by atoms with Crippen LogP contribution in [0.4, 0.5) is 0 Å². The molecule has 7 heteroatoms. The van der Waals surface area contributed by atoms with E-state index >= 15 is 0 Å². The van der Waals surface area contributed by atoms with Crippen LogP contribution in [0.3, 0.4) is 0 Å². The number of piperidine rings is 1. The average Bonchev–Trinajstić information content (AvgIpc) is 2.83. The van der Waals surface area contributed by atoms with Gasteiger partial charge in [0.05, 0.1) is 10.9 Å². The van der Waals surface area contributed by atoms with E-state index in [4.69, 9.17) is 0 Å². The van der Waals surface area contributed by atoms with Crippen LogP contribution in [-0.2, 0) is 27.8 Å². The molecule has 0 saturated carbocycles. The first-order valence-corrected chi connectivity index (χ1v) is 14.7.